The van der Waals surface area contributed by atoms with E-state index >= 15 is 0 Å². The Balaban J connectivity index is 0.00000371. The zero-order chi connectivity index (χ0) is 49.7. The minimum absolute atomic E-state index is 0. The van der Waals surface area contributed by atoms with E-state index in [1.807, 2.05) is 0 Å². The molecule has 0 atom stereocenters. The Kier molecular flexibility index (Phi) is 16.2. The van der Waals surface area contributed by atoms with Crippen LogP contribution in [0, 0.1) is 38.1 Å². The molecule has 0 N–H and O–H groups in total. The van der Waals surface area contributed by atoms with Gasteiger partial charge >= 0.3 is 97.8 Å². The molecule has 0 saturated carbocycles. The Morgan fingerprint density at radius 3 is 1.87 bits per heavy atom. The van der Waals surface area contributed by atoms with Crippen LogP contribution >= 0.6 is 0 Å². The molecular weight excluding hydrogens is 1110 g/mol. The third-order valence-electron chi connectivity index (χ3n) is 15.3. The fraction of sp³-hybridized carbons (Fsp3) is 0.385. The minimum Gasteiger partial charge on any atom is -0.406 e. The van der Waals surface area contributed by atoms with Gasteiger partial charge < -0.3 is 26.8 Å². The molecule has 0 unspecified atom stereocenters. The van der Waals surface area contributed by atoms with Crippen LogP contribution in [-0.2, 0) is 27.1 Å². The first kappa shape index (κ1) is 56.1. The molecule has 0 radical (unpaired) electrons. The predicted octanol–water partition coefficient (Wildman–Crippen LogP) is 15.1. The Morgan fingerprint density at radius 2 is 1.30 bits per heavy atom. The van der Waals surface area contributed by atoms with E-state index in [0.717, 1.165) is 59.0 Å². The van der Waals surface area contributed by atoms with Crippen LogP contribution in [0.25, 0.3) is 0 Å². The molecule has 0 bridgehead atoms. The number of para-hydroxylation sites is 1. The summed E-state index contributed by atoms with van der Waals surface area (Å²) in [5.74, 6) is 0. The average Bonchev–Trinajstić information content (AvgIpc) is 3.28. The second-order valence-electron chi connectivity index (χ2n) is 24.6. The van der Waals surface area contributed by atoms with Gasteiger partial charge in [0.1, 0.15) is 6.71 Å². The van der Waals surface area contributed by atoms with Gasteiger partial charge in [-0.25, -0.2) is 5.69 Å². The molecule has 71 heavy (non-hydrogen) atoms. The first-order chi connectivity index (χ1) is 32.4. The molecule has 2 aliphatic heterocycles. The van der Waals surface area contributed by atoms with Gasteiger partial charge in [-0.15, -0.1) is 22.5 Å². The van der Waals surface area contributed by atoms with Gasteiger partial charge in [0.05, 0.1) is 0 Å². The van der Waals surface area contributed by atoms with Crippen molar-refractivity contribution in [2.75, 3.05) is 14.7 Å². The van der Waals surface area contributed by atoms with Crippen LogP contribution < -0.4 is 31.1 Å². The van der Waals surface area contributed by atoms with Gasteiger partial charge in [-0.05, 0) is 96.9 Å². The first-order valence-corrected chi connectivity index (χ1v) is 25.6. The van der Waals surface area contributed by atoms with E-state index in [0.29, 0.717) is 0 Å². The second kappa shape index (κ2) is 20.5. The van der Waals surface area contributed by atoms with Crippen molar-refractivity contribution in [1.29, 1.82) is 0 Å². The number of hydrogen-bond acceptors (Lipinski definition) is 3. The van der Waals surface area contributed by atoms with Crippen LogP contribution in [0.4, 0.5) is 45.5 Å². The van der Waals surface area contributed by atoms with Gasteiger partial charge in [0.25, 0.3) is 0 Å². The summed E-state index contributed by atoms with van der Waals surface area (Å²) in [5.41, 5.74) is 22.5. The third-order valence-corrected chi connectivity index (χ3v) is 15.3. The molecule has 6 aromatic rings. The van der Waals surface area contributed by atoms with Gasteiger partial charge in [0.2, 0.25) is 0 Å². The van der Waals surface area contributed by atoms with E-state index in [1.165, 1.54) is 66.8 Å². The molecule has 9 rings (SSSR count). The van der Waals surface area contributed by atoms with Crippen LogP contribution in [-0.4, -0.2) is 104 Å². The molecule has 0 aromatic heterocycles. The van der Waals surface area contributed by atoms with Crippen molar-refractivity contribution in [2.24, 2.45) is 0 Å². The number of anilines is 8. The number of benzene rings is 6. The minimum atomic E-state index is -0.216. The zero-order valence-electron chi connectivity index (χ0n) is 46.3. The normalized spacial score (nSPS) is 15.8. The van der Waals surface area contributed by atoms with Crippen LogP contribution in [0.5, 0.6) is 0 Å². The number of hydrogen-bond donors (Lipinski definition) is 0. The maximum Gasteiger partial charge on any atom is 2.00 e. The average molecular weight is 1180 g/mol. The quantitative estimate of drug-likeness (QED) is 0.0895. The fourth-order valence-corrected chi connectivity index (χ4v) is 11.1. The van der Waals surface area contributed by atoms with Gasteiger partial charge in [-0.2, -0.15) is 34.8 Å². The number of aryl methyl sites for hydroxylation is 2. The van der Waals surface area contributed by atoms with Crippen molar-refractivity contribution in [1.82, 2.24) is 0 Å². The summed E-state index contributed by atoms with van der Waals surface area (Å²) >= 11 is 0. The molecule has 6 aromatic carbocycles. The van der Waals surface area contributed by atoms with E-state index < -0.39 is 0 Å². The number of nitrogens with zero attached hydrogens (tertiary/aromatic N) is 3. The van der Waals surface area contributed by atoms with Crippen LogP contribution in [0.15, 0.2) is 109 Å². The first-order valence-electron chi connectivity index (χ1n) is 25.6. The summed E-state index contributed by atoms with van der Waals surface area (Å²) < 4.78 is 0. The van der Waals surface area contributed by atoms with Gasteiger partial charge in [0, 0.05) is 28.4 Å². The molecular formula is C65H74BBa2N3. The van der Waals surface area contributed by atoms with Gasteiger partial charge in [0.15, 0.2) is 0 Å². The maximum atomic E-state index is 4.27. The summed E-state index contributed by atoms with van der Waals surface area (Å²) in [5, 5.41) is 0. The van der Waals surface area contributed by atoms with Crippen LogP contribution in [0.2, 0.25) is 0 Å². The van der Waals surface area contributed by atoms with E-state index in [2.05, 4.69) is 260 Å². The Labute approximate surface area is 510 Å². The molecule has 6 heteroatoms. The maximum absolute atomic E-state index is 4.27. The van der Waals surface area contributed by atoms with Crippen LogP contribution in [0.3, 0.4) is 0 Å². The summed E-state index contributed by atoms with van der Waals surface area (Å²) in [6, 6.07) is 48.5. The van der Waals surface area contributed by atoms with Crippen LogP contribution in [0.1, 0.15) is 162 Å². The summed E-state index contributed by atoms with van der Waals surface area (Å²) in [4.78, 5) is 7.48. The molecule has 0 saturated heterocycles. The molecule has 0 spiro atoms. The molecule has 3 nitrogen and oxygen atoms in total. The predicted molar refractivity (Wildman–Crippen MR) is 310 cm³/mol. The summed E-state index contributed by atoms with van der Waals surface area (Å²) in [7, 11) is 0. The smallest absolute Gasteiger partial charge is 0.406 e. The number of fused-ring (bicyclic) bond motifs is 5. The third kappa shape index (κ3) is 10.3. The summed E-state index contributed by atoms with van der Waals surface area (Å²) in [6.07, 6.45) is 9.96. The zero-order valence-corrected chi connectivity index (χ0v) is 55.2. The monoisotopic (exact) mass is 1180 g/mol. The number of allylic oxidation sites excluding steroid dienone is 3. The summed E-state index contributed by atoms with van der Waals surface area (Å²) in [6.45, 7) is 39.4. The van der Waals surface area contributed by atoms with Gasteiger partial charge in [-0.1, -0.05) is 180 Å². The van der Waals surface area contributed by atoms with E-state index in [9.17, 15) is 0 Å². The standard InChI is InChI=1S/C65H74BN3.2Ba/c1-18-20-24-47(19-2)67(48-25-22-21-23-26-48)50-31-32-53-55(39-50)69(60-42(3)35-45(36-43(60)4)62(8,9)10)58-38-46(63(11,12)13)37-57-59(58)66(53)54-40-51-52(65(16,17)34-33-64(51,14)15)41-56(54)68(57)49-29-27-44(28-30-49)61(5,6)7;;/h19-28,31-32,35-36,38-40H,18,33-34H2,1-17H3;;/q-4;2*+2/b24-20-,47-19+;;. The van der Waals surface area contributed by atoms with Crippen molar-refractivity contribution >= 4 is 166 Å². The largest absolute Gasteiger partial charge is 2.00 e. The topological polar surface area (TPSA) is 9.72 Å². The van der Waals surface area contributed by atoms with Gasteiger partial charge in [-0.3, -0.25) is 17.7 Å². The second-order valence-corrected chi connectivity index (χ2v) is 24.6. The van der Waals surface area contributed by atoms with Crippen molar-refractivity contribution in [3.05, 3.63) is 172 Å². The molecule has 356 valence electrons. The molecule has 1 aliphatic carbocycles. The Bertz CT molecular complexity index is 3010. The molecule has 0 fully saturated rings. The molecule has 0 amide bonds. The molecule has 3 aliphatic rings. The van der Waals surface area contributed by atoms with Crippen molar-refractivity contribution in [3.8, 4) is 0 Å². The van der Waals surface area contributed by atoms with E-state index in [1.54, 1.807) is 0 Å². The SMILES string of the molecule is C/C=C(\C=C/CC)N(c1ccccc1)c1ccc2c(c1)N(c1c(C)cc(C(C)(C)C)cc1C)c1cc(C(C)(C)C)[c-]c3c1B2c1cc2c([c-]c1N3c1[c-]cc(C(C)(C)C)c[c-]1)C(C)(C)CCC2(C)C.[Ba+2].[Ba+2]. The van der Waals surface area contributed by atoms with Crippen molar-refractivity contribution in [3.63, 3.8) is 0 Å². The Hall–Kier alpha value is -2.59. The van der Waals surface area contributed by atoms with Crippen molar-refractivity contribution in [2.45, 2.75) is 164 Å². The van der Waals surface area contributed by atoms with E-state index in [-0.39, 0.29) is 132 Å². The number of rotatable bonds is 7. The fourth-order valence-electron chi connectivity index (χ4n) is 11.1. The van der Waals surface area contributed by atoms with E-state index in [4.69, 9.17) is 0 Å². The van der Waals surface area contributed by atoms with Crippen molar-refractivity contribution < 1.29 is 0 Å². The Morgan fingerprint density at radius 1 is 0.676 bits per heavy atom. The molecule has 2 heterocycles.